The van der Waals surface area contributed by atoms with Crippen LogP contribution in [0.15, 0.2) is 54.4 Å². The summed E-state index contributed by atoms with van der Waals surface area (Å²) in [6, 6.07) is 15.1. The number of likely N-dealkylation sites (N-methyl/N-ethyl adjacent to an activating group) is 1. The summed E-state index contributed by atoms with van der Waals surface area (Å²) < 4.78 is 6.04. The summed E-state index contributed by atoms with van der Waals surface area (Å²) in [7, 11) is 0. The highest BCUT2D eigenvalue weighted by molar-refractivity contribution is 5.51. The molecule has 1 aliphatic carbocycles. The van der Waals surface area contributed by atoms with E-state index in [2.05, 4.69) is 70.9 Å². The van der Waals surface area contributed by atoms with E-state index < -0.39 is 0 Å². The first kappa shape index (κ1) is 23.4. The van der Waals surface area contributed by atoms with Crippen molar-refractivity contribution in [3.8, 4) is 5.75 Å². The third kappa shape index (κ3) is 6.38. The quantitative estimate of drug-likeness (QED) is 0.396. The van der Waals surface area contributed by atoms with E-state index >= 15 is 0 Å². The highest BCUT2D eigenvalue weighted by Crippen LogP contribution is 2.33. The van der Waals surface area contributed by atoms with E-state index in [0.717, 1.165) is 30.3 Å². The first-order valence-electron chi connectivity index (χ1n) is 11.7. The van der Waals surface area contributed by atoms with Gasteiger partial charge in [0, 0.05) is 18.3 Å². The number of benzene rings is 2. The van der Waals surface area contributed by atoms with E-state index in [9.17, 15) is 0 Å². The number of allylic oxidation sites excluding steroid dienone is 1. The van der Waals surface area contributed by atoms with E-state index in [4.69, 9.17) is 17.9 Å². The number of nitrogens with zero attached hydrogens (tertiary/aromatic N) is 3. The van der Waals surface area contributed by atoms with Crippen LogP contribution in [0.5, 0.6) is 5.75 Å². The smallest absolute Gasteiger partial charge is 0.492 e. The molecule has 4 heteroatoms. The van der Waals surface area contributed by atoms with Crippen molar-refractivity contribution in [2.75, 3.05) is 24.6 Å². The number of aryl methyl sites for hydroxylation is 1. The molecule has 0 atom stereocenters. The maximum Gasteiger partial charge on any atom is 0.515 e. The third-order valence-electron chi connectivity index (χ3n) is 6.39. The Morgan fingerprint density at radius 3 is 2.41 bits per heavy atom. The number of ether oxygens (including phenoxy) is 1. The Morgan fingerprint density at radius 2 is 1.78 bits per heavy atom. The molecule has 0 aromatic heterocycles. The van der Waals surface area contributed by atoms with Gasteiger partial charge in [-0.1, -0.05) is 37.5 Å². The molecule has 2 aromatic carbocycles. The Balaban J connectivity index is 1.54. The van der Waals surface area contributed by atoms with Gasteiger partial charge in [-0.2, -0.15) is 9.69 Å². The zero-order valence-corrected chi connectivity index (χ0v) is 19.3. The van der Waals surface area contributed by atoms with Crippen molar-refractivity contribution < 1.29 is 4.74 Å². The minimum atomic E-state index is 0.132. The van der Waals surface area contributed by atoms with Gasteiger partial charge in [-0.3, -0.25) is 0 Å². The molecule has 2 aromatic rings. The summed E-state index contributed by atoms with van der Waals surface area (Å²) in [6.45, 7) is 20.6. The van der Waals surface area contributed by atoms with Crippen molar-refractivity contribution in [1.29, 1.82) is 0 Å². The first-order chi connectivity index (χ1) is 15.6. The van der Waals surface area contributed by atoms with Crippen LogP contribution in [-0.4, -0.2) is 19.7 Å². The molecule has 1 saturated carbocycles. The molecule has 3 rings (SSSR count). The fraction of sp³-hybridized carbons (Fsp3) is 0.429. The van der Waals surface area contributed by atoms with Crippen molar-refractivity contribution in [2.45, 2.75) is 58.3 Å². The number of rotatable bonds is 9. The Morgan fingerprint density at radius 1 is 1.06 bits per heavy atom. The fourth-order valence-electron chi connectivity index (χ4n) is 4.44. The lowest BCUT2D eigenvalue weighted by Gasteiger charge is -2.24. The molecule has 0 amide bonds. The molecule has 1 fully saturated rings. The van der Waals surface area contributed by atoms with Crippen LogP contribution in [0.3, 0.4) is 0 Å². The highest BCUT2D eigenvalue weighted by Gasteiger charge is 2.15. The van der Waals surface area contributed by atoms with Gasteiger partial charge in [0.1, 0.15) is 25.5 Å². The van der Waals surface area contributed by atoms with Crippen LogP contribution >= 0.6 is 0 Å². The standard InChI is InChI=1S/C28H33N3O/c1-5-31(26-15-11-23(22(2)21-26)14-18-28(29-3)30-4)19-20-32-27-16-12-25(13-17-27)24-9-7-6-8-10-24/h11-13,15-18,21,24H,5-10,14,19-20H2,1-2H3. The molecule has 0 unspecified atom stereocenters. The van der Waals surface area contributed by atoms with E-state index in [-0.39, 0.29) is 5.82 Å². The van der Waals surface area contributed by atoms with Gasteiger partial charge in [0.2, 0.25) is 0 Å². The van der Waals surface area contributed by atoms with E-state index in [1.807, 2.05) is 0 Å². The van der Waals surface area contributed by atoms with Crippen LogP contribution < -0.4 is 9.64 Å². The minimum Gasteiger partial charge on any atom is -0.492 e. The Kier molecular flexibility index (Phi) is 8.76. The molecule has 1 aliphatic rings. The zero-order chi connectivity index (χ0) is 22.8. The van der Waals surface area contributed by atoms with Gasteiger partial charge in [0.05, 0.1) is 6.54 Å². The average molecular weight is 428 g/mol. The topological polar surface area (TPSA) is 21.2 Å². The van der Waals surface area contributed by atoms with Crippen molar-refractivity contribution in [3.63, 3.8) is 0 Å². The molecule has 0 spiro atoms. The molecule has 0 N–H and O–H groups in total. The van der Waals surface area contributed by atoms with Crippen LogP contribution in [0, 0.1) is 20.1 Å². The largest absolute Gasteiger partial charge is 0.515 e. The van der Waals surface area contributed by atoms with Gasteiger partial charge in [-0.15, -0.1) is 0 Å². The van der Waals surface area contributed by atoms with Gasteiger partial charge >= 0.3 is 5.82 Å². The van der Waals surface area contributed by atoms with Gasteiger partial charge in [-0.25, -0.2) is 0 Å². The van der Waals surface area contributed by atoms with Gasteiger partial charge in [0.25, 0.3) is 0 Å². The molecule has 166 valence electrons. The molecule has 32 heavy (non-hydrogen) atoms. The molecule has 0 heterocycles. The van der Waals surface area contributed by atoms with Crippen LogP contribution in [0.1, 0.15) is 61.6 Å². The van der Waals surface area contributed by atoms with Gasteiger partial charge in [0.15, 0.2) is 0 Å². The number of hydrogen-bond donors (Lipinski definition) is 0. The predicted octanol–water partition coefficient (Wildman–Crippen LogP) is 7.17. The molecule has 0 bridgehead atoms. The molecule has 0 saturated heterocycles. The monoisotopic (exact) mass is 427 g/mol. The zero-order valence-electron chi connectivity index (χ0n) is 19.3. The predicted molar refractivity (Wildman–Crippen MR) is 132 cm³/mol. The summed E-state index contributed by atoms with van der Waals surface area (Å²) >= 11 is 0. The van der Waals surface area contributed by atoms with E-state index in [1.165, 1.54) is 48.9 Å². The lowest BCUT2D eigenvalue weighted by Crippen LogP contribution is -2.28. The van der Waals surface area contributed by atoms with E-state index in [1.54, 1.807) is 6.08 Å². The summed E-state index contributed by atoms with van der Waals surface area (Å²) in [4.78, 5) is 8.78. The second kappa shape index (κ2) is 12.0. The second-order valence-corrected chi connectivity index (χ2v) is 8.43. The lowest BCUT2D eigenvalue weighted by molar-refractivity contribution is 0.324. The summed E-state index contributed by atoms with van der Waals surface area (Å²) in [5.41, 5.74) is 4.94. The second-order valence-electron chi connectivity index (χ2n) is 8.43. The molecule has 0 aliphatic heterocycles. The number of hydrogen-bond acceptors (Lipinski definition) is 2. The summed E-state index contributed by atoms with van der Waals surface area (Å²) in [6.07, 6.45) is 9.05. The van der Waals surface area contributed by atoms with Gasteiger partial charge in [-0.05, 0) is 80.0 Å². The van der Waals surface area contributed by atoms with Gasteiger partial charge < -0.3 is 9.64 Å². The highest BCUT2D eigenvalue weighted by atomic mass is 16.5. The average Bonchev–Trinajstić information content (AvgIpc) is 2.84. The Hall–Kier alpha value is -3.24. The summed E-state index contributed by atoms with van der Waals surface area (Å²) in [5, 5.41) is 0. The third-order valence-corrected chi connectivity index (χ3v) is 6.39. The lowest BCUT2D eigenvalue weighted by atomic mass is 9.84. The van der Waals surface area contributed by atoms with Crippen molar-refractivity contribution >= 4 is 5.69 Å². The van der Waals surface area contributed by atoms with Crippen molar-refractivity contribution in [2.24, 2.45) is 0 Å². The minimum absolute atomic E-state index is 0.132. The normalized spacial score (nSPS) is 13.6. The Labute approximate surface area is 193 Å². The maximum absolute atomic E-state index is 7.00. The Bertz CT molecular complexity index is 973. The molecule has 0 radical (unpaired) electrons. The summed E-state index contributed by atoms with van der Waals surface area (Å²) in [5.74, 6) is 1.80. The van der Waals surface area contributed by atoms with Crippen molar-refractivity contribution in [3.05, 3.63) is 93.9 Å². The SMILES string of the molecule is [C-]#[N+]C(=CCc1ccc(N(CC)CCOc2ccc(C3CCCCC3)cc2)cc1C)[N+]#[C-]. The van der Waals surface area contributed by atoms with E-state index in [0.29, 0.717) is 13.0 Å². The van der Waals surface area contributed by atoms with Crippen LogP contribution in [0.4, 0.5) is 5.69 Å². The first-order valence-corrected chi connectivity index (χ1v) is 11.7. The number of anilines is 1. The molecule has 4 nitrogen and oxygen atoms in total. The molecular formula is C28H33N3O. The maximum atomic E-state index is 7.00. The molecular weight excluding hydrogens is 394 g/mol. The van der Waals surface area contributed by atoms with Crippen LogP contribution in [-0.2, 0) is 6.42 Å². The van der Waals surface area contributed by atoms with Crippen LogP contribution in [0.2, 0.25) is 0 Å². The fourth-order valence-corrected chi connectivity index (χ4v) is 4.44. The van der Waals surface area contributed by atoms with Crippen LogP contribution in [0.25, 0.3) is 9.69 Å². The van der Waals surface area contributed by atoms with Crippen molar-refractivity contribution in [1.82, 2.24) is 0 Å².